The van der Waals surface area contributed by atoms with Crippen molar-refractivity contribution in [2.45, 2.75) is 38.7 Å². The van der Waals surface area contributed by atoms with Gasteiger partial charge in [-0.25, -0.2) is 4.98 Å². The van der Waals surface area contributed by atoms with Crippen molar-refractivity contribution in [1.82, 2.24) is 9.88 Å². The van der Waals surface area contributed by atoms with Crippen LogP contribution in [0.2, 0.25) is 0 Å². The number of benzene rings is 1. The molecule has 0 bridgehead atoms. The highest BCUT2D eigenvalue weighted by molar-refractivity contribution is 5.94. The van der Waals surface area contributed by atoms with Crippen LogP contribution in [0.5, 0.6) is 5.88 Å². The maximum absolute atomic E-state index is 12.7. The molecule has 0 N–H and O–H groups in total. The zero-order valence-electron chi connectivity index (χ0n) is 14.5. The Bertz CT molecular complexity index is 690. The van der Waals surface area contributed by atoms with Crippen molar-refractivity contribution in [1.29, 1.82) is 0 Å². The topological polar surface area (TPSA) is 42.4 Å². The predicted molar refractivity (Wildman–Crippen MR) is 94.3 cm³/mol. The Balaban J connectivity index is 1.62. The Hall–Kier alpha value is -2.36. The number of hydrogen-bond acceptors (Lipinski definition) is 3. The Morgan fingerprint density at radius 2 is 1.92 bits per heavy atom. The van der Waals surface area contributed by atoms with Gasteiger partial charge in [0.2, 0.25) is 5.88 Å². The fourth-order valence-corrected chi connectivity index (χ4v) is 2.89. The molecule has 2 aromatic rings. The molecule has 1 aromatic heterocycles. The van der Waals surface area contributed by atoms with Crippen LogP contribution in [0.25, 0.3) is 0 Å². The number of ether oxygens (including phenoxy) is 1. The highest BCUT2D eigenvalue weighted by atomic mass is 16.5. The Kier molecular flexibility index (Phi) is 4.56. The fraction of sp³-hybridized carbons (Fsp3) is 0.400. The minimum Gasteiger partial charge on any atom is -0.472 e. The summed E-state index contributed by atoms with van der Waals surface area (Å²) in [7, 11) is 0. The first kappa shape index (κ1) is 16.5. The van der Waals surface area contributed by atoms with Crippen molar-refractivity contribution in [3.8, 4) is 5.88 Å². The van der Waals surface area contributed by atoms with Crippen molar-refractivity contribution in [3.63, 3.8) is 0 Å². The molecule has 1 aliphatic rings. The van der Waals surface area contributed by atoms with Gasteiger partial charge in [0.05, 0.1) is 6.54 Å². The summed E-state index contributed by atoms with van der Waals surface area (Å²) in [5.41, 5.74) is 2.06. The lowest BCUT2D eigenvalue weighted by Crippen LogP contribution is -2.31. The first-order valence-corrected chi connectivity index (χ1v) is 8.41. The molecule has 0 saturated carbocycles. The molecule has 0 radical (unpaired) electrons. The van der Waals surface area contributed by atoms with E-state index >= 15 is 0 Å². The third-order valence-electron chi connectivity index (χ3n) is 4.36. The Morgan fingerprint density at radius 1 is 1.17 bits per heavy atom. The van der Waals surface area contributed by atoms with E-state index in [4.69, 9.17) is 4.74 Å². The van der Waals surface area contributed by atoms with Crippen LogP contribution in [-0.4, -0.2) is 35.0 Å². The Labute approximate surface area is 143 Å². The third kappa shape index (κ3) is 3.75. The summed E-state index contributed by atoms with van der Waals surface area (Å²) < 4.78 is 5.85. The van der Waals surface area contributed by atoms with Crippen LogP contribution in [0.1, 0.15) is 43.1 Å². The van der Waals surface area contributed by atoms with Gasteiger partial charge < -0.3 is 9.64 Å². The van der Waals surface area contributed by atoms with Crippen LogP contribution in [0, 0.1) is 0 Å². The summed E-state index contributed by atoms with van der Waals surface area (Å²) in [6.07, 6.45) is 2.56. The zero-order valence-corrected chi connectivity index (χ0v) is 14.5. The van der Waals surface area contributed by atoms with E-state index in [2.05, 4.69) is 25.8 Å². The van der Waals surface area contributed by atoms with Gasteiger partial charge in [0.1, 0.15) is 6.10 Å². The van der Waals surface area contributed by atoms with E-state index in [1.807, 2.05) is 47.4 Å². The average molecular weight is 324 g/mol. The van der Waals surface area contributed by atoms with Gasteiger partial charge in [-0.15, -0.1) is 0 Å². The number of nitrogens with zero attached hydrogens (tertiary/aromatic N) is 2. The standard InChI is InChI=1S/C20H24N2O2/c1-20(2,3)16-9-7-15(8-10-16)19(23)22-13-11-17(14-22)24-18-6-4-5-12-21-18/h4-10,12,17H,11,13-14H2,1-3H3. The summed E-state index contributed by atoms with van der Waals surface area (Å²) in [6, 6.07) is 13.5. The van der Waals surface area contributed by atoms with Crippen molar-refractivity contribution in [2.75, 3.05) is 13.1 Å². The minimum absolute atomic E-state index is 0.0118. The van der Waals surface area contributed by atoms with Crippen LogP contribution in [-0.2, 0) is 5.41 Å². The lowest BCUT2D eigenvalue weighted by Gasteiger charge is -2.20. The number of rotatable bonds is 3. The molecule has 1 aliphatic heterocycles. The van der Waals surface area contributed by atoms with E-state index in [1.54, 1.807) is 6.20 Å². The van der Waals surface area contributed by atoms with Crippen molar-refractivity contribution >= 4 is 5.91 Å². The number of amides is 1. The molecule has 1 unspecified atom stereocenters. The largest absolute Gasteiger partial charge is 0.472 e. The molecule has 24 heavy (non-hydrogen) atoms. The van der Waals surface area contributed by atoms with E-state index in [0.29, 0.717) is 12.4 Å². The van der Waals surface area contributed by atoms with Gasteiger partial charge in [0.25, 0.3) is 5.91 Å². The van der Waals surface area contributed by atoms with Gasteiger partial charge in [-0.05, 0) is 29.2 Å². The summed E-state index contributed by atoms with van der Waals surface area (Å²) in [6.45, 7) is 7.84. The summed E-state index contributed by atoms with van der Waals surface area (Å²) >= 11 is 0. The molecule has 1 atom stereocenters. The van der Waals surface area contributed by atoms with Gasteiger partial charge in [-0.1, -0.05) is 39.0 Å². The summed E-state index contributed by atoms with van der Waals surface area (Å²) in [4.78, 5) is 18.7. The van der Waals surface area contributed by atoms with Gasteiger partial charge >= 0.3 is 0 Å². The number of carbonyl (C=O) groups excluding carboxylic acids is 1. The van der Waals surface area contributed by atoms with Gasteiger partial charge in [-0.3, -0.25) is 4.79 Å². The van der Waals surface area contributed by atoms with E-state index in [0.717, 1.165) is 18.5 Å². The lowest BCUT2D eigenvalue weighted by atomic mass is 9.86. The highest BCUT2D eigenvalue weighted by Gasteiger charge is 2.28. The van der Waals surface area contributed by atoms with Gasteiger partial charge in [-0.2, -0.15) is 0 Å². The number of pyridine rings is 1. The van der Waals surface area contributed by atoms with Crippen LogP contribution in [0.3, 0.4) is 0 Å². The summed E-state index contributed by atoms with van der Waals surface area (Å²) in [5.74, 6) is 0.689. The first-order valence-electron chi connectivity index (χ1n) is 8.41. The second kappa shape index (κ2) is 6.63. The van der Waals surface area contributed by atoms with Crippen molar-refractivity contribution in [3.05, 3.63) is 59.8 Å². The minimum atomic E-state index is 0.0118. The van der Waals surface area contributed by atoms with E-state index in [1.165, 1.54) is 5.56 Å². The smallest absolute Gasteiger partial charge is 0.253 e. The van der Waals surface area contributed by atoms with Gasteiger partial charge in [0, 0.05) is 30.8 Å². The molecule has 1 saturated heterocycles. The number of aromatic nitrogens is 1. The second-order valence-corrected chi connectivity index (χ2v) is 7.28. The molecular formula is C20H24N2O2. The second-order valence-electron chi connectivity index (χ2n) is 7.28. The monoisotopic (exact) mass is 324 g/mol. The van der Waals surface area contributed by atoms with Crippen LogP contribution in [0.4, 0.5) is 0 Å². The summed E-state index contributed by atoms with van der Waals surface area (Å²) in [5, 5.41) is 0. The molecule has 4 nitrogen and oxygen atoms in total. The van der Waals surface area contributed by atoms with E-state index in [-0.39, 0.29) is 17.4 Å². The zero-order chi connectivity index (χ0) is 17.2. The molecule has 1 amide bonds. The SMILES string of the molecule is CC(C)(C)c1ccc(C(=O)N2CCC(Oc3ccccn3)C2)cc1. The Morgan fingerprint density at radius 3 is 2.54 bits per heavy atom. The molecule has 0 spiro atoms. The van der Waals surface area contributed by atoms with Crippen LogP contribution >= 0.6 is 0 Å². The normalized spacial score (nSPS) is 17.8. The molecule has 2 heterocycles. The average Bonchev–Trinajstić information content (AvgIpc) is 3.03. The molecule has 4 heteroatoms. The number of hydrogen-bond donors (Lipinski definition) is 0. The highest BCUT2D eigenvalue weighted by Crippen LogP contribution is 2.23. The lowest BCUT2D eigenvalue weighted by molar-refractivity contribution is 0.0771. The van der Waals surface area contributed by atoms with E-state index < -0.39 is 0 Å². The number of carbonyl (C=O) groups is 1. The quantitative estimate of drug-likeness (QED) is 0.865. The molecule has 1 aromatic carbocycles. The van der Waals surface area contributed by atoms with E-state index in [9.17, 15) is 4.79 Å². The van der Waals surface area contributed by atoms with Crippen molar-refractivity contribution < 1.29 is 9.53 Å². The van der Waals surface area contributed by atoms with Crippen LogP contribution < -0.4 is 4.74 Å². The molecular weight excluding hydrogens is 300 g/mol. The van der Waals surface area contributed by atoms with Crippen molar-refractivity contribution in [2.24, 2.45) is 0 Å². The fourth-order valence-electron chi connectivity index (χ4n) is 2.89. The molecule has 3 rings (SSSR count). The number of likely N-dealkylation sites (tertiary alicyclic amines) is 1. The first-order chi connectivity index (χ1) is 11.4. The molecule has 0 aliphatic carbocycles. The maximum Gasteiger partial charge on any atom is 0.253 e. The van der Waals surface area contributed by atoms with Gasteiger partial charge in [0.15, 0.2) is 0 Å². The molecule has 1 fully saturated rings. The maximum atomic E-state index is 12.7. The third-order valence-corrected chi connectivity index (χ3v) is 4.36. The van der Waals surface area contributed by atoms with Crippen LogP contribution in [0.15, 0.2) is 48.7 Å². The molecule has 126 valence electrons. The predicted octanol–water partition coefficient (Wildman–Crippen LogP) is 3.67.